The Hall–Kier alpha value is -2.93. The largest absolute Gasteiger partial charge is 0.379 e. The van der Waals surface area contributed by atoms with Gasteiger partial charge in [0.05, 0.1) is 23.5 Å². The van der Waals surface area contributed by atoms with E-state index in [9.17, 15) is 9.18 Å². The summed E-state index contributed by atoms with van der Waals surface area (Å²) in [5.41, 5.74) is 4.43. The highest BCUT2D eigenvalue weighted by molar-refractivity contribution is 6.30. The number of nitrogens with zero attached hydrogens (tertiary/aromatic N) is 4. The van der Waals surface area contributed by atoms with Gasteiger partial charge in [0.15, 0.2) is 0 Å². The lowest BCUT2D eigenvalue weighted by atomic mass is 9.91. The number of carbonyl (C=O) groups excluding carboxylic acids is 1. The lowest BCUT2D eigenvalue weighted by Gasteiger charge is -2.30. The normalized spacial score (nSPS) is 16.2. The number of fused-ring (bicyclic) bond motifs is 1. The van der Waals surface area contributed by atoms with Crippen LogP contribution in [0, 0.1) is 5.82 Å². The molecule has 144 valence electrons. The van der Waals surface area contributed by atoms with Gasteiger partial charge in [0, 0.05) is 24.8 Å². The molecule has 2 heterocycles. The predicted octanol–water partition coefficient (Wildman–Crippen LogP) is 4.14. The molecule has 1 aromatic heterocycles. The van der Waals surface area contributed by atoms with Crippen LogP contribution in [0.1, 0.15) is 30.5 Å². The number of benzene rings is 2. The Morgan fingerprint density at radius 3 is 2.89 bits per heavy atom. The molecule has 28 heavy (non-hydrogen) atoms. The van der Waals surface area contributed by atoms with E-state index in [2.05, 4.69) is 28.6 Å². The highest BCUT2D eigenvalue weighted by atomic mass is 35.5. The van der Waals surface area contributed by atoms with Crippen LogP contribution < -0.4 is 10.2 Å². The number of nitrogens with one attached hydrogen (secondary N) is 1. The van der Waals surface area contributed by atoms with Crippen molar-refractivity contribution in [2.24, 2.45) is 0 Å². The molecular formula is C20H19ClFN5O. The summed E-state index contributed by atoms with van der Waals surface area (Å²) in [4.78, 5) is 13.7. The molecule has 8 heteroatoms. The first kappa shape index (κ1) is 18.4. The fourth-order valence-corrected chi connectivity index (χ4v) is 3.51. The Balaban J connectivity index is 1.48. The van der Waals surface area contributed by atoms with Gasteiger partial charge in [-0.2, -0.15) is 0 Å². The van der Waals surface area contributed by atoms with Crippen LogP contribution in [0.5, 0.6) is 0 Å². The van der Waals surface area contributed by atoms with Gasteiger partial charge in [-0.3, -0.25) is 4.79 Å². The van der Waals surface area contributed by atoms with Crippen molar-refractivity contribution in [3.8, 4) is 5.69 Å². The summed E-state index contributed by atoms with van der Waals surface area (Å²) in [5, 5.41) is 11.6. The number of rotatable bonds is 4. The molecule has 0 saturated carbocycles. The first-order valence-electron chi connectivity index (χ1n) is 8.93. The molecule has 6 nitrogen and oxygen atoms in total. The SMILES string of the molecule is CC1CC(=O)N(C)c2ccc(NCc3cn(-c4ccc(F)c(Cl)c4)nn3)cc21. The van der Waals surface area contributed by atoms with Gasteiger partial charge in [0.25, 0.3) is 0 Å². The van der Waals surface area contributed by atoms with E-state index in [4.69, 9.17) is 11.6 Å². The molecule has 0 aliphatic carbocycles. The van der Waals surface area contributed by atoms with Crippen LogP contribution >= 0.6 is 11.6 Å². The van der Waals surface area contributed by atoms with Gasteiger partial charge in [-0.25, -0.2) is 9.07 Å². The van der Waals surface area contributed by atoms with E-state index in [1.165, 1.54) is 12.1 Å². The smallest absolute Gasteiger partial charge is 0.227 e. The summed E-state index contributed by atoms with van der Waals surface area (Å²) in [6, 6.07) is 10.4. The molecule has 1 aliphatic rings. The van der Waals surface area contributed by atoms with E-state index in [1.54, 1.807) is 28.9 Å². The molecule has 0 radical (unpaired) electrons. The van der Waals surface area contributed by atoms with Crippen molar-refractivity contribution >= 4 is 28.9 Å². The molecule has 1 N–H and O–H groups in total. The van der Waals surface area contributed by atoms with E-state index in [-0.39, 0.29) is 16.8 Å². The second-order valence-corrected chi connectivity index (χ2v) is 7.35. The summed E-state index contributed by atoms with van der Waals surface area (Å²) in [7, 11) is 1.81. The standard InChI is InChI=1S/C20H19ClFN5O/c1-12-7-20(28)26(2)19-6-3-13(8-16(12)19)23-10-14-11-27(25-24-14)15-4-5-18(22)17(21)9-15/h3-6,8-9,11-12,23H,7,10H2,1-2H3. The monoisotopic (exact) mass is 399 g/mol. The van der Waals surface area contributed by atoms with Crippen LogP contribution in [0.2, 0.25) is 5.02 Å². The molecule has 2 aromatic carbocycles. The summed E-state index contributed by atoms with van der Waals surface area (Å²) in [6.45, 7) is 2.55. The molecule has 0 spiro atoms. The fraction of sp³-hybridized carbons (Fsp3) is 0.250. The first-order chi connectivity index (χ1) is 13.4. The minimum absolute atomic E-state index is 0.0410. The van der Waals surface area contributed by atoms with Crippen LogP contribution in [-0.2, 0) is 11.3 Å². The van der Waals surface area contributed by atoms with Crippen LogP contribution in [0.4, 0.5) is 15.8 Å². The Labute approximate surface area is 166 Å². The van der Waals surface area contributed by atoms with Crippen LogP contribution in [0.15, 0.2) is 42.6 Å². The Bertz CT molecular complexity index is 1050. The average molecular weight is 400 g/mol. The Morgan fingerprint density at radius 1 is 1.29 bits per heavy atom. The lowest BCUT2D eigenvalue weighted by Crippen LogP contribution is -2.32. The number of hydrogen-bond acceptors (Lipinski definition) is 4. The first-order valence-corrected chi connectivity index (χ1v) is 9.31. The molecule has 0 fully saturated rings. The molecule has 0 saturated heterocycles. The predicted molar refractivity (Wildman–Crippen MR) is 107 cm³/mol. The third-order valence-corrected chi connectivity index (χ3v) is 5.25. The Morgan fingerprint density at radius 2 is 2.11 bits per heavy atom. The van der Waals surface area contributed by atoms with Crippen LogP contribution in [0.3, 0.4) is 0 Å². The fourth-order valence-electron chi connectivity index (χ4n) is 3.33. The molecule has 4 rings (SSSR count). The molecule has 1 amide bonds. The zero-order valence-electron chi connectivity index (χ0n) is 15.5. The summed E-state index contributed by atoms with van der Waals surface area (Å²) in [6.07, 6.45) is 2.28. The zero-order chi connectivity index (χ0) is 19.8. The number of carbonyl (C=O) groups is 1. The maximum Gasteiger partial charge on any atom is 0.227 e. The molecular weight excluding hydrogens is 381 g/mol. The lowest BCUT2D eigenvalue weighted by molar-refractivity contribution is -0.119. The van der Waals surface area contributed by atoms with Gasteiger partial charge in [0.1, 0.15) is 11.5 Å². The van der Waals surface area contributed by atoms with Gasteiger partial charge in [-0.1, -0.05) is 23.7 Å². The quantitative estimate of drug-likeness (QED) is 0.716. The second kappa shape index (κ2) is 7.24. The van der Waals surface area contributed by atoms with Crippen LogP contribution in [0.25, 0.3) is 5.69 Å². The molecule has 1 atom stereocenters. The van der Waals surface area contributed by atoms with Gasteiger partial charge < -0.3 is 10.2 Å². The summed E-state index contributed by atoms with van der Waals surface area (Å²) < 4.78 is 14.9. The van der Waals surface area contributed by atoms with Crippen molar-refractivity contribution in [3.05, 3.63) is 64.7 Å². The highest BCUT2D eigenvalue weighted by Gasteiger charge is 2.26. The van der Waals surface area contributed by atoms with Gasteiger partial charge in [-0.15, -0.1) is 5.10 Å². The van der Waals surface area contributed by atoms with Gasteiger partial charge in [0.2, 0.25) is 5.91 Å². The molecule has 0 bridgehead atoms. The van der Waals surface area contributed by atoms with Gasteiger partial charge >= 0.3 is 0 Å². The molecule has 1 unspecified atom stereocenters. The minimum atomic E-state index is -0.471. The van der Waals surface area contributed by atoms with Crippen LogP contribution in [-0.4, -0.2) is 27.9 Å². The van der Waals surface area contributed by atoms with Crippen molar-refractivity contribution in [2.75, 3.05) is 17.3 Å². The Kier molecular flexibility index (Phi) is 4.77. The number of hydrogen-bond donors (Lipinski definition) is 1. The zero-order valence-corrected chi connectivity index (χ0v) is 16.2. The highest BCUT2D eigenvalue weighted by Crippen LogP contribution is 2.36. The molecule has 3 aromatic rings. The maximum absolute atomic E-state index is 13.3. The van der Waals surface area contributed by atoms with Crippen molar-refractivity contribution in [1.82, 2.24) is 15.0 Å². The number of aromatic nitrogens is 3. The minimum Gasteiger partial charge on any atom is -0.379 e. The maximum atomic E-state index is 13.3. The van der Waals surface area contributed by atoms with Crippen molar-refractivity contribution in [1.29, 1.82) is 0 Å². The second-order valence-electron chi connectivity index (χ2n) is 6.94. The molecule has 1 aliphatic heterocycles. The summed E-state index contributed by atoms with van der Waals surface area (Å²) >= 11 is 5.83. The topological polar surface area (TPSA) is 63.1 Å². The third-order valence-electron chi connectivity index (χ3n) is 4.96. The van der Waals surface area contributed by atoms with Crippen molar-refractivity contribution in [2.45, 2.75) is 25.8 Å². The van der Waals surface area contributed by atoms with E-state index in [0.29, 0.717) is 18.7 Å². The van der Waals surface area contributed by atoms with E-state index < -0.39 is 5.82 Å². The number of anilines is 2. The third kappa shape index (κ3) is 3.45. The van der Waals surface area contributed by atoms with Crippen molar-refractivity contribution < 1.29 is 9.18 Å². The average Bonchev–Trinajstić information content (AvgIpc) is 3.16. The van der Waals surface area contributed by atoms with Gasteiger partial charge in [-0.05, 0) is 47.9 Å². The number of amides is 1. The van der Waals surface area contributed by atoms with E-state index in [0.717, 1.165) is 22.6 Å². The summed E-state index contributed by atoms with van der Waals surface area (Å²) in [5.74, 6) is -0.149. The van der Waals surface area contributed by atoms with E-state index >= 15 is 0 Å². The number of halogens is 2. The van der Waals surface area contributed by atoms with E-state index in [1.807, 2.05) is 12.1 Å². The van der Waals surface area contributed by atoms with Crippen molar-refractivity contribution in [3.63, 3.8) is 0 Å².